The second-order valence-electron chi connectivity index (χ2n) is 5.95. The van der Waals surface area contributed by atoms with E-state index in [9.17, 15) is 12.8 Å². The number of rotatable bonds is 5. The largest absolute Gasteiger partial charge is 0.304 e. The molecule has 2 rings (SSSR count). The fourth-order valence-electron chi connectivity index (χ4n) is 2.49. The molecule has 0 saturated carbocycles. The number of aryl methyl sites for hydroxylation is 1. The average Bonchev–Trinajstić information content (AvgIpc) is 2.48. The van der Waals surface area contributed by atoms with Crippen LogP contribution in [0.25, 0.3) is 0 Å². The number of hydrogen-bond acceptors (Lipinski definition) is 4. The van der Waals surface area contributed by atoms with Crippen molar-refractivity contribution in [2.24, 2.45) is 0 Å². The maximum atomic E-state index is 13.2. The van der Waals surface area contributed by atoms with Crippen LogP contribution < -0.4 is 4.72 Å². The van der Waals surface area contributed by atoms with E-state index in [1.165, 1.54) is 18.2 Å². The normalized spacial score (nSPS) is 19.3. The summed E-state index contributed by atoms with van der Waals surface area (Å²) in [6, 6.07) is 3.97. The van der Waals surface area contributed by atoms with Gasteiger partial charge >= 0.3 is 0 Å². The second kappa shape index (κ2) is 7.04. The van der Waals surface area contributed by atoms with Crippen LogP contribution in [0.15, 0.2) is 23.1 Å². The number of piperazine rings is 1. The van der Waals surface area contributed by atoms with E-state index in [0.29, 0.717) is 12.1 Å². The van der Waals surface area contributed by atoms with Gasteiger partial charge in [0.25, 0.3) is 0 Å². The fraction of sp³-hybridized carbons (Fsp3) is 0.600. The summed E-state index contributed by atoms with van der Waals surface area (Å²) in [5.41, 5.74) is 0.329. The summed E-state index contributed by atoms with van der Waals surface area (Å²) >= 11 is 0. The van der Waals surface area contributed by atoms with Crippen molar-refractivity contribution in [3.63, 3.8) is 0 Å². The van der Waals surface area contributed by atoms with Crippen LogP contribution in [0.3, 0.4) is 0 Å². The number of halogens is 1. The third kappa shape index (κ3) is 4.25. The molecule has 7 heteroatoms. The molecule has 22 heavy (non-hydrogen) atoms. The lowest BCUT2D eigenvalue weighted by molar-refractivity contribution is 0.120. The van der Waals surface area contributed by atoms with Crippen molar-refractivity contribution >= 4 is 10.0 Å². The maximum absolute atomic E-state index is 13.2. The van der Waals surface area contributed by atoms with E-state index in [2.05, 4.69) is 21.6 Å². The van der Waals surface area contributed by atoms with Crippen molar-refractivity contribution in [3.05, 3.63) is 29.6 Å². The van der Waals surface area contributed by atoms with Gasteiger partial charge in [-0.2, -0.15) is 0 Å². The standard InChI is InChI=1S/C15H24FN3O2S/c1-12-10-14(4-5-15(12)16)22(20,21)17-11-13(2)19-8-6-18(3)7-9-19/h4-5,10,13,17H,6-9,11H2,1-3H3/t13-/m1/s1. The minimum absolute atomic E-state index is 0.108. The zero-order valence-corrected chi connectivity index (χ0v) is 14.2. The van der Waals surface area contributed by atoms with Gasteiger partial charge < -0.3 is 4.90 Å². The molecule has 1 aliphatic rings. The Labute approximate surface area is 132 Å². The number of likely N-dealkylation sites (N-methyl/N-ethyl adjacent to an activating group) is 1. The highest BCUT2D eigenvalue weighted by Crippen LogP contribution is 2.14. The van der Waals surface area contributed by atoms with Gasteiger partial charge in [0, 0.05) is 38.8 Å². The lowest BCUT2D eigenvalue weighted by Crippen LogP contribution is -2.51. The predicted molar refractivity (Wildman–Crippen MR) is 84.9 cm³/mol. The Kier molecular flexibility index (Phi) is 5.55. The summed E-state index contributed by atoms with van der Waals surface area (Å²) < 4.78 is 40.4. The van der Waals surface area contributed by atoms with Gasteiger partial charge in [-0.25, -0.2) is 17.5 Å². The van der Waals surface area contributed by atoms with Crippen LogP contribution in [0.4, 0.5) is 4.39 Å². The molecule has 0 spiro atoms. The van der Waals surface area contributed by atoms with E-state index < -0.39 is 15.8 Å². The van der Waals surface area contributed by atoms with E-state index in [4.69, 9.17) is 0 Å². The zero-order valence-electron chi connectivity index (χ0n) is 13.3. The SMILES string of the molecule is Cc1cc(S(=O)(=O)NC[C@@H](C)N2CCN(C)CC2)ccc1F. The van der Waals surface area contributed by atoms with Gasteiger partial charge in [0.1, 0.15) is 5.82 Å². The fourth-order valence-corrected chi connectivity index (χ4v) is 3.70. The monoisotopic (exact) mass is 329 g/mol. The minimum Gasteiger partial charge on any atom is -0.304 e. The molecule has 1 heterocycles. The summed E-state index contributed by atoms with van der Waals surface area (Å²) in [6.45, 7) is 7.79. The molecular weight excluding hydrogens is 305 g/mol. The van der Waals surface area contributed by atoms with Crippen LogP contribution in [0.5, 0.6) is 0 Å². The van der Waals surface area contributed by atoms with Crippen LogP contribution in [0.1, 0.15) is 12.5 Å². The molecule has 5 nitrogen and oxygen atoms in total. The van der Waals surface area contributed by atoms with E-state index in [0.717, 1.165) is 26.2 Å². The van der Waals surface area contributed by atoms with Crippen LogP contribution in [-0.2, 0) is 10.0 Å². The first kappa shape index (κ1) is 17.3. The Hall–Kier alpha value is -1.02. The Bertz CT molecular complexity index is 613. The molecular formula is C15H24FN3O2S. The third-order valence-electron chi connectivity index (χ3n) is 4.17. The summed E-state index contributed by atoms with van der Waals surface area (Å²) in [4.78, 5) is 4.64. The summed E-state index contributed by atoms with van der Waals surface area (Å²) in [5, 5.41) is 0. The molecule has 1 aromatic carbocycles. The average molecular weight is 329 g/mol. The Morgan fingerprint density at radius 2 is 1.91 bits per heavy atom. The number of nitrogens with one attached hydrogen (secondary N) is 1. The van der Waals surface area contributed by atoms with Gasteiger partial charge in [-0.05, 0) is 44.7 Å². The molecule has 1 N–H and O–H groups in total. The van der Waals surface area contributed by atoms with Crippen molar-refractivity contribution in [2.75, 3.05) is 39.8 Å². The molecule has 0 unspecified atom stereocenters. The summed E-state index contributed by atoms with van der Waals surface area (Å²) in [7, 11) is -1.51. The molecule has 0 radical (unpaired) electrons. The van der Waals surface area contributed by atoms with E-state index in [1.807, 2.05) is 6.92 Å². The third-order valence-corrected chi connectivity index (χ3v) is 5.59. The molecule has 124 valence electrons. The lowest BCUT2D eigenvalue weighted by Gasteiger charge is -2.36. The zero-order chi connectivity index (χ0) is 16.3. The van der Waals surface area contributed by atoms with Crippen molar-refractivity contribution < 1.29 is 12.8 Å². The molecule has 0 amide bonds. The molecule has 1 aromatic rings. The first-order valence-corrected chi connectivity index (χ1v) is 8.96. The van der Waals surface area contributed by atoms with Crippen LogP contribution >= 0.6 is 0 Å². The lowest BCUT2D eigenvalue weighted by atomic mass is 10.2. The molecule has 1 saturated heterocycles. The number of benzene rings is 1. The van der Waals surface area contributed by atoms with Crippen LogP contribution in [0.2, 0.25) is 0 Å². The second-order valence-corrected chi connectivity index (χ2v) is 7.72. The molecule has 1 atom stereocenters. The van der Waals surface area contributed by atoms with E-state index >= 15 is 0 Å². The predicted octanol–water partition coefficient (Wildman–Crippen LogP) is 1.05. The van der Waals surface area contributed by atoms with Gasteiger partial charge in [-0.1, -0.05) is 0 Å². The Balaban J connectivity index is 1.95. The molecule has 1 aliphatic heterocycles. The number of nitrogens with zero attached hydrogens (tertiary/aromatic N) is 2. The highest BCUT2D eigenvalue weighted by molar-refractivity contribution is 7.89. The van der Waals surface area contributed by atoms with Crippen LogP contribution in [0, 0.1) is 12.7 Å². The van der Waals surface area contributed by atoms with Crippen molar-refractivity contribution in [1.82, 2.24) is 14.5 Å². The van der Waals surface area contributed by atoms with Gasteiger partial charge in [0.15, 0.2) is 0 Å². The summed E-state index contributed by atoms with van der Waals surface area (Å²) in [5.74, 6) is -0.398. The Morgan fingerprint density at radius 3 is 2.50 bits per heavy atom. The molecule has 1 fully saturated rings. The highest BCUT2D eigenvalue weighted by Gasteiger charge is 2.21. The van der Waals surface area contributed by atoms with Crippen molar-refractivity contribution in [2.45, 2.75) is 24.8 Å². The first-order chi connectivity index (χ1) is 10.3. The number of hydrogen-bond donors (Lipinski definition) is 1. The van der Waals surface area contributed by atoms with Gasteiger partial charge in [0.2, 0.25) is 10.0 Å². The topological polar surface area (TPSA) is 52.7 Å². The Morgan fingerprint density at radius 1 is 1.27 bits per heavy atom. The number of sulfonamides is 1. The maximum Gasteiger partial charge on any atom is 0.240 e. The smallest absolute Gasteiger partial charge is 0.240 e. The summed E-state index contributed by atoms with van der Waals surface area (Å²) in [6.07, 6.45) is 0. The van der Waals surface area contributed by atoms with Gasteiger partial charge in [0.05, 0.1) is 4.90 Å². The van der Waals surface area contributed by atoms with E-state index in [-0.39, 0.29) is 10.9 Å². The molecule has 0 aliphatic carbocycles. The van der Waals surface area contributed by atoms with Crippen LogP contribution in [-0.4, -0.2) is 64.0 Å². The van der Waals surface area contributed by atoms with Gasteiger partial charge in [-0.15, -0.1) is 0 Å². The van der Waals surface area contributed by atoms with E-state index in [1.54, 1.807) is 6.92 Å². The molecule has 0 aromatic heterocycles. The minimum atomic E-state index is -3.60. The quantitative estimate of drug-likeness (QED) is 0.877. The van der Waals surface area contributed by atoms with Crippen molar-refractivity contribution in [1.29, 1.82) is 0 Å². The highest BCUT2D eigenvalue weighted by atomic mass is 32.2. The van der Waals surface area contributed by atoms with Crippen molar-refractivity contribution in [3.8, 4) is 0 Å². The molecule has 0 bridgehead atoms. The first-order valence-electron chi connectivity index (χ1n) is 7.48. The van der Waals surface area contributed by atoms with Gasteiger partial charge in [-0.3, -0.25) is 4.90 Å².